The lowest BCUT2D eigenvalue weighted by Gasteiger charge is -2.11. The Kier molecular flexibility index (Phi) is 8.44. The molecule has 0 radical (unpaired) electrons. The van der Waals surface area contributed by atoms with Crippen molar-refractivity contribution >= 4 is 0 Å². The molecule has 0 spiro atoms. The Hall–Kier alpha value is -3.86. The van der Waals surface area contributed by atoms with Crippen LogP contribution in [0.15, 0.2) is 85.5 Å². The predicted molar refractivity (Wildman–Crippen MR) is 141 cm³/mol. The molecule has 0 N–H and O–H groups in total. The number of aryl methyl sites for hydroxylation is 3. The molecule has 0 heterocycles. The van der Waals surface area contributed by atoms with Crippen molar-refractivity contribution in [2.75, 3.05) is 6.61 Å². The summed E-state index contributed by atoms with van der Waals surface area (Å²) >= 11 is 0. The van der Waals surface area contributed by atoms with Gasteiger partial charge in [-0.05, 0) is 67.0 Å². The third-order valence-electron chi connectivity index (χ3n) is 6.33. The van der Waals surface area contributed by atoms with Crippen LogP contribution in [0.1, 0.15) is 29.5 Å². The quantitative estimate of drug-likeness (QED) is 0.119. The average Bonchev–Trinajstić information content (AvgIpc) is 2.91. The number of ether oxygens (including phenoxy) is 1. The van der Waals surface area contributed by atoms with Crippen molar-refractivity contribution in [3.8, 4) is 28.0 Å². The molecular weight excluding hydrogens is 476 g/mol. The maximum Gasteiger partial charge on any atom is 0.201 e. The van der Waals surface area contributed by atoms with Crippen LogP contribution in [-0.4, -0.2) is 6.61 Å². The van der Waals surface area contributed by atoms with Crippen molar-refractivity contribution in [1.29, 1.82) is 0 Å². The molecule has 4 rings (SSSR count). The van der Waals surface area contributed by atoms with Crippen LogP contribution >= 0.6 is 0 Å². The minimum Gasteiger partial charge on any atom is -0.490 e. The number of unbranched alkanes of at least 4 members (excludes halogenated alkanes) is 1. The summed E-state index contributed by atoms with van der Waals surface area (Å²) in [6, 6.07) is 20.3. The molecule has 4 aromatic rings. The van der Waals surface area contributed by atoms with Gasteiger partial charge in [-0.25, -0.2) is 13.2 Å². The van der Waals surface area contributed by atoms with E-state index in [1.165, 1.54) is 12.1 Å². The Morgan fingerprint density at radius 3 is 1.92 bits per heavy atom. The van der Waals surface area contributed by atoms with Gasteiger partial charge in [0.15, 0.2) is 23.2 Å². The molecular formula is C32H28F4O. The second-order valence-electron chi connectivity index (χ2n) is 8.98. The summed E-state index contributed by atoms with van der Waals surface area (Å²) in [6.45, 7) is 5.82. The van der Waals surface area contributed by atoms with Crippen LogP contribution in [0, 0.1) is 30.2 Å². The molecule has 4 aromatic carbocycles. The van der Waals surface area contributed by atoms with Gasteiger partial charge < -0.3 is 4.74 Å². The summed E-state index contributed by atoms with van der Waals surface area (Å²) in [6.07, 6.45) is 3.91. The lowest BCUT2D eigenvalue weighted by atomic mass is 9.97. The molecule has 0 aliphatic heterocycles. The van der Waals surface area contributed by atoms with Crippen LogP contribution in [-0.2, 0) is 12.8 Å². The van der Waals surface area contributed by atoms with Gasteiger partial charge in [0, 0.05) is 11.1 Å². The minimum atomic E-state index is -1.02. The second-order valence-corrected chi connectivity index (χ2v) is 8.98. The van der Waals surface area contributed by atoms with Crippen molar-refractivity contribution in [2.24, 2.45) is 0 Å². The molecule has 0 atom stereocenters. The summed E-state index contributed by atoms with van der Waals surface area (Å²) < 4.78 is 64.1. The van der Waals surface area contributed by atoms with Gasteiger partial charge in [0.05, 0.1) is 6.61 Å². The third-order valence-corrected chi connectivity index (χ3v) is 6.33. The van der Waals surface area contributed by atoms with Crippen LogP contribution in [0.5, 0.6) is 5.75 Å². The Balaban J connectivity index is 1.43. The van der Waals surface area contributed by atoms with E-state index in [0.717, 1.165) is 17.5 Å². The van der Waals surface area contributed by atoms with E-state index >= 15 is 0 Å². The van der Waals surface area contributed by atoms with E-state index < -0.39 is 23.3 Å². The molecule has 0 bridgehead atoms. The van der Waals surface area contributed by atoms with Gasteiger partial charge in [-0.1, -0.05) is 72.3 Å². The van der Waals surface area contributed by atoms with Crippen molar-refractivity contribution in [1.82, 2.24) is 0 Å². The molecule has 0 aliphatic rings. The smallest absolute Gasteiger partial charge is 0.201 e. The van der Waals surface area contributed by atoms with Gasteiger partial charge in [0.25, 0.3) is 0 Å². The van der Waals surface area contributed by atoms with E-state index in [0.29, 0.717) is 30.4 Å². The molecule has 1 nitrogen and oxygen atoms in total. The fourth-order valence-corrected chi connectivity index (χ4v) is 4.14. The minimum absolute atomic E-state index is 0.121. The SMILES string of the molecule is C=CCCCOc1ccc(-c2ccc(CCc3ccc(-c4ccc(C)cc4)c(F)c3F)cc2)c(F)c1F. The van der Waals surface area contributed by atoms with Gasteiger partial charge in [0.1, 0.15) is 0 Å². The molecule has 0 saturated carbocycles. The monoisotopic (exact) mass is 504 g/mol. The first-order chi connectivity index (χ1) is 17.9. The molecule has 37 heavy (non-hydrogen) atoms. The second kappa shape index (κ2) is 11.9. The van der Waals surface area contributed by atoms with E-state index in [1.807, 2.05) is 19.1 Å². The van der Waals surface area contributed by atoms with Crippen molar-refractivity contribution < 1.29 is 22.3 Å². The van der Waals surface area contributed by atoms with Gasteiger partial charge in [-0.3, -0.25) is 0 Å². The fraction of sp³-hybridized carbons (Fsp3) is 0.188. The first kappa shape index (κ1) is 26.2. The van der Waals surface area contributed by atoms with Gasteiger partial charge >= 0.3 is 0 Å². The summed E-state index contributed by atoms with van der Waals surface area (Å²) in [5.41, 5.74) is 3.69. The number of rotatable bonds is 10. The highest BCUT2D eigenvalue weighted by atomic mass is 19.2. The normalized spacial score (nSPS) is 10.9. The maximum atomic E-state index is 14.8. The molecule has 0 unspecified atom stereocenters. The fourth-order valence-electron chi connectivity index (χ4n) is 4.14. The van der Waals surface area contributed by atoms with Crippen molar-refractivity contribution in [3.63, 3.8) is 0 Å². The molecule has 0 saturated heterocycles. The first-order valence-corrected chi connectivity index (χ1v) is 12.2. The van der Waals surface area contributed by atoms with E-state index in [1.54, 1.807) is 54.6 Å². The van der Waals surface area contributed by atoms with Crippen molar-refractivity contribution in [2.45, 2.75) is 32.6 Å². The third kappa shape index (κ3) is 6.11. The molecule has 0 fully saturated rings. The molecule has 5 heteroatoms. The standard InChI is InChI=1S/C32H28F4O/c1-3-4-5-20-37-28-19-18-27(31(35)32(28)36)24-13-8-22(9-14-24)10-15-25-16-17-26(30(34)29(25)33)23-11-6-21(2)7-12-23/h3,6-9,11-14,16-19H,1,4-5,10,15,20H2,2H3. The average molecular weight is 505 g/mol. The molecule has 0 amide bonds. The van der Waals surface area contributed by atoms with Gasteiger partial charge in [-0.2, -0.15) is 4.39 Å². The number of hydrogen-bond donors (Lipinski definition) is 0. The molecule has 0 aliphatic carbocycles. The highest BCUT2D eigenvalue weighted by Crippen LogP contribution is 2.31. The topological polar surface area (TPSA) is 9.23 Å². The first-order valence-electron chi connectivity index (χ1n) is 12.2. The summed E-state index contributed by atoms with van der Waals surface area (Å²) in [5, 5.41) is 0. The Bertz CT molecular complexity index is 1380. The number of hydrogen-bond acceptors (Lipinski definition) is 1. The largest absolute Gasteiger partial charge is 0.490 e. The number of halogens is 4. The van der Waals surface area contributed by atoms with Gasteiger partial charge in [0.2, 0.25) is 5.82 Å². The Labute approximate surface area is 215 Å². The lowest BCUT2D eigenvalue weighted by Crippen LogP contribution is -2.01. The highest BCUT2D eigenvalue weighted by molar-refractivity contribution is 5.66. The summed E-state index contributed by atoms with van der Waals surface area (Å²) in [4.78, 5) is 0. The zero-order chi connectivity index (χ0) is 26.4. The number of benzene rings is 4. The van der Waals surface area contributed by atoms with E-state index in [2.05, 4.69) is 6.58 Å². The predicted octanol–water partition coefficient (Wildman–Crippen LogP) is 9.02. The van der Waals surface area contributed by atoms with Crippen LogP contribution in [0.4, 0.5) is 17.6 Å². The zero-order valence-corrected chi connectivity index (χ0v) is 20.7. The van der Waals surface area contributed by atoms with Crippen LogP contribution in [0.3, 0.4) is 0 Å². The van der Waals surface area contributed by atoms with E-state index in [-0.39, 0.29) is 29.0 Å². The molecule has 190 valence electrons. The summed E-state index contributed by atoms with van der Waals surface area (Å²) in [7, 11) is 0. The van der Waals surface area contributed by atoms with E-state index in [9.17, 15) is 17.6 Å². The van der Waals surface area contributed by atoms with Crippen LogP contribution < -0.4 is 4.74 Å². The van der Waals surface area contributed by atoms with Crippen LogP contribution in [0.25, 0.3) is 22.3 Å². The van der Waals surface area contributed by atoms with E-state index in [4.69, 9.17) is 4.74 Å². The maximum absolute atomic E-state index is 14.8. The lowest BCUT2D eigenvalue weighted by molar-refractivity contribution is 0.291. The van der Waals surface area contributed by atoms with Crippen LogP contribution in [0.2, 0.25) is 0 Å². The molecule has 0 aromatic heterocycles. The Morgan fingerprint density at radius 1 is 0.676 bits per heavy atom. The zero-order valence-electron chi connectivity index (χ0n) is 20.7. The van der Waals surface area contributed by atoms with Crippen molar-refractivity contribution in [3.05, 3.63) is 125 Å². The van der Waals surface area contributed by atoms with Gasteiger partial charge in [-0.15, -0.1) is 6.58 Å². The highest BCUT2D eigenvalue weighted by Gasteiger charge is 2.17. The number of allylic oxidation sites excluding steroid dienone is 1. The summed E-state index contributed by atoms with van der Waals surface area (Å²) in [5.74, 6) is -3.82. The Morgan fingerprint density at radius 2 is 1.27 bits per heavy atom.